The number of fused-ring (bicyclic) bond motifs is 1. The summed E-state index contributed by atoms with van der Waals surface area (Å²) in [6.07, 6.45) is 3.63. The number of aryl methyl sites for hydroxylation is 1. The molecule has 8 nitrogen and oxygen atoms in total. The molecular formula is C29H24ClN5O3. The quantitative estimate of drug-likeness (QED) is 0.373. The molecule has 0 aliphatic carbocycles. The molecule has 3 heterocycles. The van der Waals surface area contributed by atoms with E-state index >= 15 is 0 Å². The van der Waals surface area contributed by atoms with Crippen molar-refractivity contribution in [1.82, 2.24) is 14.9 Å². The molecule has 5 rings (SSSR count). The lowest BCUT2D eigenvalue weighted by Crippen LogP contribution is -2.46. The van der Waals surface area contributed by atoms with E-state index in [1.54, 1.807) is 71.9 Å². The topological polar surface area (TPSA) is 104 Å². The van der Waals surface area contributed by atoms with Crippen LogP contribution in [0.3, 0.4) is 0 Å². The zero-order chi connectivity index (χ0) is 26.6. The maximum absolute atomic E-state index is 13.7. The van der Waals surface area contributed by atoms with Crippen LogP contribution in [0, 0.1) is 6.92 Å². The van der Waals surface area contributed by atoms with Crippen LogP contribution in [0.4, 0.5) is 11.5 Å². The molecule has 2 N–H and O–H groups in total. The van der Waals surface area contributed by atoms with Gasteiger partial charge in [-0.05, 0) is 66.6 Å². The fraction of sp³-hybridized carbons (Fsp3) is 0.138. The van der Waals surface area contributed by atoms with Gasteiger partial charge in [-0.1, -0.05) is 35.9 Å². The van der Waals surface area contributed by atoms with Gasteiger partial charge in [0.1, 0.15) is 11.9 Å². The molecule has 38 heavy (non-hydrogen) atoms. The molecule has 1 aliphatic heterocycles. The standard InChI is InChI=1S/C29H24ClN5O3/c1-18-4-2-6-26(32-18)34-27(36)21-9-7-19(8-10-21)17-35-25(14-20-5-3-13-31-16-20)28(37)33-24-15-22(30)11-12-23(24)29(35)38/h2-13,15-16,25H,14,17H2,1H3,(H,33,37)(H,32,34,36)/t25-/m1/s1. The molecule has 1 aliphatic rings. The van der Waals surface area contributed by atoms with Crippen LogP contribution in [0.5, 0.6) is 0 Å². The summed E-state index contributed by atoms with van der Waals surface area (Å²) in [5, 5.41) is 6.07. The highest BCUT2D eigenvalue weighted by molar-refractivity contribution is 6.31. The van der Waals surface area contributed by atoms with Gasteiger partial charge in [0.25, 0.3) is 11.8 Å². The molecule has 0 radical (unpaired) electrons. The van der Waals surface area contributed by atoms with E-state index in [-0.39, 0.29) is 30.7 Å². The number of aromatic nitrogens is 2. The first-order valence-electron chi connectivity index (χ1n) is 12.0. The highest BCUT2D eigenvalue weighted by atomic mass is 35.5. The SMILES string of the molecule is Cc1cccc(NC(=O)c2ccc(CN3C(=O)c4ccc(Cl)cc4NC(=O)[C@H]3Cc3cccnc3)cc2)n1. The summed E-state index contributed by atoms with van der Waals surface area (Å²) >= 11 is 6.14. The van der Waals surface area contributed by atoms with E-state index in [1.807, 2.05) is 25.1 Å². The summed E-state index contributed by atoms with van der Waals surface area (Å²) in [7, 11) is 0. The molecule has 0 saturated heterocycles. The zero-order valence-electron chi connectivity index (χ0n) is 20.5. The third kappa shape index (κ3) is 5.55. The molecule has 2 aromatic heterocycles. The summed E-state index contributed by atoms with van der Waals surface area (Å²) < 4.78 is 0. The largest absolute Gasteiger partial charge is 0.323 e. The number of nitrogens with zero attached hydrogens (tertiary/aromatic N) is 3. The van der Waals surface area contributed by atoms with Gasteiger partial charge in [0.2, 0.25) is 5.91 Å². The fourth-order valence-corrected chi connectivity index (χ4v) is 4.52. The number of carbonyl (C=O) groups excluding carboxylic acids is 3. The van der Waals surface area contributed by atoms with Gasteiger partial charge in [-0.15, -0.1) is 0 Å². The van der Waals surface area contributed by atoms with Gasteiger partial charge in [0.05, 0.1) is 11.3 Å². The van der Waals surface area contributed by atoms with Crippen molar-refractivity contribution >= 4 is 40.8 Å². The van der Waals surface area contributed by atoms with Gasteiger partial charge in [0, 0.05) is 41.6 Å². The molecule has 0 spiro atoms. The second kappa shape index (κ2) is 10.8. The van der Waals surface area contributed by atoms with E-state index in [0.29, 0.717) is 27.7 Å². The third-order valence-corrected chi connectivity index (χ3v) is 6.50. The molecule has 0 saturated carbocycles. The Morgan fingerprint density at radius 3 is 2.58 bits per heavy atom. The number of carbonyl (C=O) groups is 3. The van der Waals surface area contributed by atoms with Crippen LogP contribution >= 0.6 is 11.6 Å². The molecule has 2 aromatic carbocycles. The van der Waals surface area contributed by atoms with Crippen LogP contribution in [0.25, 0.3) is 0 Å². The smallest absolute Gasteiger partial charge is 0.256 e. The second-order valence-electron chi connectivity index (χ2n) is 9.01. The van der Waals surface area contributed by atoms with Gasteiger partial charge in [-0.2, -0.15) is 0 Å². The number of anilines is 2. The predicted octanol–water partition coefficient (Wildman–Crippen LogP) is 4.90. The van der Waals surface area contributed by atoms with Crippen molar-refractivity contribution in [3.8, 4) is 0 Å². The number of halogens is 1. The van der Waals surface area contributed by atoms with Crippen molar-refractivity contribution in [3.63, 3.8) is 0 Å². The number of pyridine rings is 2. The van der Waals surface area contributed by atoms with E-state index in [1.165, 1.54) is 0 Å². The highest BCUT2D eigenvalue weighted by Crippen LogP contribution is 2.29. The first-order valence-corrected chi connectivity index (χ1v) is 12.4. The summed E-state index contributed by atoms with van der Waals surface area (Å²) in [4.78, 5) is 49.8. The summed E-state index contributed by atoms with van der Waals surface area (Å²) in [6.45, 7) is 2.02. The number of hydrogen-bond donors (Lipinski definition) is 2. The second-order valence-corrected chi connectivity index (χ2v) is 9.45. The molecule has 1 atom stereocenters. The Hall–Kier alpha value is -4.56. The number of amides is 3. The highest BCUT2D eigenvalue weighted by Gasteiger charge is 2.35. The van der Waals surface area contributed by atoms with E-state index in [2.05, 4.69) is 20.6 Å². The maximum atomic E-state index is 13.7. The lowest BCUT2D eigenvalue weighted by molar-refractivity contribution is -0.120. The number of hydrogen-bond acceptors (Lipinski definition) is 5. The number of rotatable bonds is 6. The predicted molar refractivity (Wildman–Crippen MR) is 145 cm³/mol. The van der Waals surface area contributed by atoms with Gasteiger partial charge in [-0.3, -0.25) is 19.4 Å². The van der Waals surface area contributed by atoms with Crippen LogP contribution in [0.1, 0.15) is 37.5 Å². The average molecular weight is 526 g/mol. The van der Waals surface area contributed by atoms with Crippen molar-refractivity contribution < 1.29 is 14.4 Å². The van der Waals surface area contributed by atoms with Crippen molar-refractivity contribution in [2.24, 2.45) is 0 Å². The van der Waals surface area contributed by atoms with Gasteiger partial charge in [-0.25, -0.2) is 4.98 Å². The first-order chi connectivity index (χ1) is 18.4. The minimum absolute atomic E-state index is 0.167. The molecule has 3 amide bonds. The van der Waals surface area contributed by atoms with Crippen LogP contribution in [-0.4, -0.2) is 38.6 Å². The maximum Gasteiger partial charge on any atom is 0.256 e. The Morgan fingerprint density at radius 2 is 1.84 bits per heavy atom. The summed E-state index contributed by atoms with van der Waals surface area (Å²) in [5.74, 6) is -0.432. The van der Waals surface area contributed by atoms with Crippen LogP contribution in [-0.2, 0) is 17.8 Å². The average Bonchev–Trinajstić information content (AvgIpc) is 2.99. The van der Waals surface area contributed by atoms with Crippen molar-refractivity contribution in [2.75, 3.05) is 10.6 Å². The minimum atomic E-state index is -0.784. The van der Waals surface area contributed by atoms with E-state index in [9.17, 15) is 14.4 Å². The molecule has 0 bridgehead atoms. The third-order valence-electron chi connectivity index (χ3n) is 6.26. The fourth-order valence-electron chi connectivity index (χ4n) is 4.35. The molecule has 4 aromatic rings. The number of nitrogens with one attached hydrogen (secondary N) is 2. The van der Waals surface area contributed by atoms with E-state index < -0.39 is 6.04 Å². The molecule has 190 valence electrons. The Labute approximate surface area is 224 Å². The summed E-state index contributed by atoms with van der Waals surface area (Å²) in [6, 6.07) is 20.0. The zero-order valence-corrected chi connectivity index (χ0v) is 21.3. The number of benzene rings is 2. The molecule has 0 unspecified atom stereocenters. The lowest BCUT2D eigenvalue weighted by Gasteiger charge is -2.29. The van der Waals surface area contributed by atoms with Gasteiger partial charge in [0.15, 0.2) is 0 Å². The van der Waals surface area contributed by atoms with Crippen molar-refractivity contribution in [1.29, 1.82) is 0 Å². The molecular weight excluding hydrogens is 502 g/mol. The van der Waals surface area contributed by atoms with Crippen molar-refractivity contribution in [2.45, 2.75) is 25.9 Å². The Morgan fingerprint density at radius 1 is 1.03 bits per heavy atom. The van der Waals surface area contributed by atoms with E-state index in [0.717, 1.165) is 16.8 Å². The molecule has 9 heteroatoms. The Bertz CT molecular complexity index is 1510. The monoisotopic (exact) mass is 525 g/mol. The van der Waals surface area contributed by atoms with Crippen LogP contribution in [0.15, 0.2) is 85.2 Å². The van der Waals surface area contributed by atoms with Crippen molar-refractivity contribution in [3.05, 3.63) is 118 Å². The van der Waals surface area contributed by atoms with Crippen LogP contribution in [0.2, 0.25) is 5.02 Å². The normalized spacial score (nSPS) is 14.9. The first kappa shape index (κ1) is 25.1. The van der Waals surface area contributed by atoms with Gasteiger partial charge < -0.3 is 15.5 Å². The minimum Gasteiger partial charge on any atom is -0.323 e. The molecule has 0 fully saturated rings. The summed E-state index contributed by atoms with van der Waals surface area (Å²) in [5.41, 5.74) is 3.58. The van der Waals surface area contributed by atoms with Gasteiger partial charge >= 0.3 is 0 Å². The van der Waals surface area contributed by atoms with E-state index in [4.69, 9.17) is 11.6 Å². The lowest BCUT2D eigenvalue weighted by atomic mass is 10.0. The van der Waals surface area contributed by atoms with Crippen LogP contribution < -0.4 is 10.6 Å². The Balaban J connectivity index is 1.41. The Kier molecular flexibility index (Phi) is 7.15.